The summed E-state index contributed by atoms with van der Waals surface area (Å²) in [6.07, 6.45) is 1.53. The lowest BCUT2D eigenvalue weighted by Crippen LogP contribution is -2.17. The largest absolute Gasteiger partial charge is 0.497 e. The number of rotatable bonds is 4. The molecule has 0 aromatic heterocycles. The summed E-state index contributed by atoms with van der Waals surface area (Å²) in [5.74, 6) is 0.644. The van der Waals surface area contributed by atoms with Crippen molar-refractivity contribution in [2.45, 2.75) is 18.1 Å². The summed E-state index contributed by atoms with van der Waals surface area (Å²) >= 11 is 0. The number of methoxy groups -OCH3 is 1. The summed E-state index contributed by atoms with van der Waals surface area (Å²) in [5, 5.41) is -0.205. The number of hydrogen-bond donors (Lipinski definition) is 1. The Morgan fingerprint density at radius 2 is 2.13 bits per heavy atom. The SMILES string of the molecule is COc1cccc(NS(=O)(=O)C2CC2)c1. The first-order valence-electron chi connectivity index (χ1n) is 4.77. The average molecular weight is 227 g/mol. The molecule has 0 bridgehead atoms. The molecule has 2 rings (SSSR count). The van der Waals surface area contributed by atoms with E-state index in [0.29, 0.717) is 11.4 Å². The Labute approximate surface area is 89.3 Å². The number of ether oxygens (including phenoxy) is 1. The lowest BCUT2D eigenvalue weighted by atomic mass is 10.3. The summed E-state index contributed by atoms with van der Waals surface area (Å²) in [6, 6.07) is 6.90. The highest BCUT2D eigenvalue weighted by Crippen LogP contribution is 2.30. The standard InChI is InChI=1S/C10H13NO3S/c1-14-9-4-2-3-8(7-9)11-15(12,13)10-5-6-10/h2-4,7,10-11H,5-6H2,1H3. The van der Waals surface area contributed by atoms with Gasteiger partial charge in [0.05, 0.1) is 18.0 Å². The van der Waals surface area contributed by atoms with Crippen molar-refractivity contribution in [3.63, 3.8) is 0 Å². The molecule has 4 nitrogen and oxygen atoms in total. The van der Waals surface area contributed by atoms with Crippen molar-refractivity contribution in [1.29, 1.82) is 0 Å². The summed E-state index contributed by atoms with van der Waals surface area (Å²) in [7, 11) is -1.62. The fourth-order valence-electron chi connectivity index (χ4n) is 1.31. The van der Waals surface area contributed by atoms with Crippen molar-refractivity contribution >= 4 is 15.7 Å². The first kappa shape index (κ1) is 10.3. The number of anilines is 1. The van der Waals surface area contributed by atoms with Crippen LogP contribution in [0.2, 0.25) is 0 Å². The molecule has 82 valence electrons. The molecule has 0 atom stereocenters. The molecule has 15 heavy (non-hydrogen) atoms. The molecule has 0 spiro atoms. The second kappa shape index (κ2) is 3.73. The molecular weight excluding hydrogens is 214 g/mol. The van der Waals surface area contributed by atoms with Gasteiger partial charge in [-0.1, -0.05) is 6.07 Å². The van der Waals surface area contributed by atoms with Gasteiger partial charge in [-0.2, -0.15) is 0 Å². The topological polar surface area (TPSA) is 55.4 Å². The fourth-order valence-corrected chi connectivity index (χ4v) is 2.69. The summed E-state index contributed by atoms with van der Waals surface area (Å²) in [4.78, 5) is 0. The molecule has 5 heteroatoms. The van der Waals surface area contributed by atoms with E-state index in [1.807, 2.05) is 0 Å². The van der Waals surface area contributed by atoms with Gasteiger partial charge in [-0.25, -0.2) is 8.42 Å². The maximum absolute atomic E-state index is 11.6. The molecule has 0 unspecified atom stereocenters. The maximum Gasteiger partial charge on any atom is 0.235 e. The van der Waals surface area contributed by atoms with Crippen molar-refractivity contribution in [2.75, 3.05) is 11.8 Å². The third-order valence-corrected chi connectivity index (χ3v) is 4.16. The number of nitrogens with one attached hydrogen (secondary N) is 1. The van der Waals surface area contributed by atoms with E-state index in [9.17, 15) is 8.42 Å². The minimum absolute atomic E-state index is 0.205. The van der Waals surface area contributed by atoms with Gasteiger partial charge in [-0.3, -0.25) is 4.72 Å². The predicted octanol–water partition coefficient (Wildman–Crippen LogP) is 1.60. The lowest BCUT2D eigenvalue weighted by molar-refractivity contribution is 0.415. The molecule has 1 aromatic carbocycles. The molecule has 1 aliphatic carbocycles. The molecule has 1 saturated carbocycles. The number of benzene rings is 1. The molecule has 0 saturated heterocycles. The van der Waals surface area contributed by atoms with Crippen molar-refractivity contribution in [3.8, 4) is 5.75 Å². The van der Waals surface area contributed by atoms with Crippen LogP contribution in [-0.2, 0) is 10.0 Å². The molecule has 0 amide bonds. The Bertz CT molecular complexity index is 451. The summed E-state index contributed by atoms with van der Waals surface area (Å²) < 4.78 is 30.8. The van der Waals surface area contributed by atoms with E-state index < -0.39 is 10.0 Å². The summed E-state index contributed by atoms with van der Waals surface area (Å²) in [6.45, 7) is 0. The lowest BCUT2D eigenvalue weighted by Gasteiger charge is -2.07. The van der Waals surface area contributed by atoms with Crippen LogP contribution < -0.4 is 9.46 Å². The minimum atomic E-state index is -3.17. The van der Waals surface area contributed by atoms with Crippen LogP contribution in [0, 0.1) is 0 Å². The Morgan fingerprint density at radius 3 is 2.73 bits per heavy atom. The van der Waals surface area contributed by atoms with E-state index in [1.54, 1.807) is 31.4 Å². The fraction of sp³-hybridized carbons (Fsp3) is 0.400. The van der Waals surface area contributed by atoms with Crippen LogP contribution in [0.4, 0.5) is 5.69 Å². The van der Waals surface area contributed by atoms with Gasteiger partial charge in [0.2, 0.25) is 10.0 Å². The van der Waals surface area contributed by atoms with E-state index in [1.165, 1.54) is 0 Å². The van der Waals surface area contributed by atoms with Gasteiger partial charge in [0.15, 0.2) is 0 Å². The van der Waals surface area contributed by atoms with E-state index in [2.05, 4.69) is 4.72 Å². The highest BCUT2D eigenvalue weighted by molar-refractivity contribution is 7.93. The first-order valence-corrected chi connectivity index (χ1v) is 6.32. The molecule has 1 N–H and O–H groups in total. The third-order valence-electron chi connectivity index (χ3n) is 2.29. The molecular formula is C10H13NO3S. The molecule has 0 heterocycles. The Morgan fingerprint density at radius 1 is 1.40 bits per heavy atom. The normalized spacial score (nSPS) is 16.1. The van der Waals surface area contributed by atoms with Gasteiger partial charge in [-0.15, -0.1) is 0 Å². The zero-order valence-electron chi connectivity index (χ0n) is 8.43. The van der Waals surface area contributed by atoms with Gasteiger partial charge in [0, 0.05) is 6.07 Å². The van der Waals surface area contributed by atoms with Gasteiger partial charge < -0.3 is 4.74 Å². The third kappa shape index (κ3) is 2.41. The van der Waals surface area contributed by atoms with Gasteiger partial charge in [-0.05, 0) is 25.0 Å². The number of sulfonamides is 1. The molecule has 0 radical (unpaired) electrons. The molecule has 1 aromatic rings. The van der Waals surface area contributed by atoms with Gasteiger partial charge in [0.25, 0.3) is 0 Å². The molecule has 0 aliphatic heterocycles. The van der Waals surface area contributed by atoms with Crippen molar-refractivity contribution in [1.82, 2.24) is 0 Å². The van der Waals surface area contributed by atoms with Crippen molar-refractivity contribution in [3.05, 3.63) is 24.3 Å². The highest BCUT2D eigenvalue weighted by atomic mass is 32.2. The van der Waals surface area contributed by atoms with Crippen LogP contribution in [0.3, 0.4) is 0 Å². The average Bonchev–Trinajstić information content (AvgIpc) is 3.00. The zero-order chi connectivity index (χ0) is 10.9. The highest BCUT2D eigenvalue weighted by Gasteiger charge is 2.35. The van der Waals surface area contributed by atoms with E-state index in [0.717, 1.165) is 12.8 Å². The maximum atomic E-state index is 11.6. The van der Waals surface area contributed by atoms with Crippen LogP contribution in [0.15, 0.2) is 24.3 Å². The molecule has 1 aliphatic rings. The Kier molecular flexibility index (Phi) is 2.56. The Balaban J connectivity index is 2.16. The van der Waals surface area contributed by atoms with Crippen LogP contribution in [-0.4, -0.2) is 20.8 Å². The number of hydrogen-bond acceptors (Lipinski definition) is 3. The second-order valence-corrected chi connectivity index (χ2v) is 5.54. The molecule has 1 fully saturated rings. The zero-order valence-corrected chi connectivity index (χ0v) is 9.25. The predicted molar refractivity (Wildman–Crippen MR) is 58.6 cm³/mol. The van der Waals surface area contributed by atoms with Crippen LogP contribution in [0.25, 0.3) is 0 Å². The first-order chi connectivity index (χ1) is 7.12. The van der Waals surface area contributed by atoms with Crippen LogP contribution >= 0.6 is 0 Å². The van der Waals surface area contributed by atoms with Gasteiger partial charge in [0.1, 0.15) is 5.75 Å². The quantitative estimate of drug-likeness (QED) is 0.850. The Hall–Kier alpha value is -1.23. The van der Waals surface area contributed by atoms with E-state index >= 15 is 0 Å². The van der Waals surface area contributed by atoms with Crippen molar-refractivity contribution in [2.24, 2.45) is 0 Å². The summed E-state index contributed by atoms with van der Waals surface area (Å²) in [5.41, 5.74) is 0.557. The minimum Gasteiger partial charge on any atom is -0.497 e. The monoisotopic (exact) mass is 227 g/mol. The van der Waals surface area contributed by atoms with Crippen LogP contribution in [0.1, 0.15) is 12.8 Å². The van der Waals surface area contributed by atoms with Crippen molar-refractivity contribution < 1.29 is 13.2 Å². The second-order valence-electron chi connectivity index (χ2n) is 3.58. The van der Waals surface area contributed by atoms with E-state index in [-0.39, 0.29) is 5.25 Å². The van der Waals surface area contributed by atoms with Gasteiger partial charge >= 0.3 is 0 Å². The van der Waals surface area contributed by atoms with Crippen LogP contribution in [0.5, 0.6) is 5.75 Å². The van der Waals surface area contributed by atoms with E-state index in [4.69, 9.17) is 4.74 Å². The smallest absolute Gasteiger partial charge is 0.235 e.